The molecule has 0 aliphatic carbocycles. The number of nitrogens with zero attached hydrogens (tertiary/aromatic N) is 2. The molecule has 0 spiro atoms. The van der Waals surface area contributed by atoms with Crippen LogP contribution in [0.5, 0.6) is 0 Å². The second-order valence-corrected chi connectivity index (χ2v) is 14.1. The minimum absolute atomic E-state index is 0.0757. The van der Waals surface area contributed by atoms with Crippen molar-refractivity contribution in [2.75, 3.05) is 17.4 Å². The molecule has 0 saturated carbocycles. The predicted molar refractivity (Wildman–Crippen MR) is 181 cm³/mol. The number of alkyl halides is 3. The van der Waals surface area contributed by atoms with E-state index in [1.54, 1.807) is 30.3 Å². The molecule has 4 aromatic rings. The Morgan fingerprint density at radius 2 is 1.48 bits per heavy atom. The molecular weight excluding hydrogens is 663 g/mol. The van der Waals surface area contributed by atoms with E-state index in [2.05, 4.69) is 5.32 Å². The van der Waals surface area contributed by atoms with Crippen molar-refractivity contribution in [3.63, 3.8) is 0 Å². The average molecular weight is 700 g/mol. The number of sulfonamides is 1. The van der Waals surface area contributed by atoms with Gasteiger partial charge in [-0.1, -0.05) is 98.2 Å². The number of hydrogen-bond donors (Lipinski definition) is 1. The minimum Gasteiger partial charge on any atom is -0.354 e. The van der Waals surface area contributed by atoms with Gasteiger partial charge in [0.2, 0.25) is 11.8 Å². The lowest BCUT2D eigenvalue weighted by Gasteiger charge is -2.34. The quantitative estimate of drug-likeness (QED) is 0.159. The molecule has 0 aliphatic heterocycles. The van der Waals surface area contributed by atoms with E-state index in [0.29, 0.717) is 22.5 Å². The topological polar surface area (TPSA) is 86.8 Å². The first-order chi connectivity index (χ1) is 22.7. The Labute approximate surface area is 284 Å². The van der Waals surface area contributed by atoms with Gasteiger partial charge in [-0.2, -0.15) is 13.2 Å². The summed E-state index contributed by atoms with van der Waals surface area (Å²) in [5.41, 5.74) is 0.610. The summed E-state index contributed by atoms with van der Waals surface area (Å²) in [5.74, 6) is -1.17. The standard InChI is InChI=1S/C36H37ClF3N3O4S/c1-25(2)22-41-35(45)33(20-27-13-6-4-7-14-27)42(23-28-15-11-10-12-26(28)3)34(44)24-43(48(46,47)30-16-8-5-9-17-30)32-21-29(36(38,39)40)18-19-31(32)37/h4-19,21,25,33H,20,22-24H2,1-3H3,(H,41,45)/t33-/m1/s1. The van der Waals surface area contributed by atoms with E-state index >= 15 is 0 Å². The van der Waals surface area contributed by atoms with Crippen LogP contribution in [0.25, 0.3) is 0 Å². The monoisotopic (exact) mass is 699 g/mol. The summed E-state index contributed by atoms with van der Waals surface area (Å²) in [7, 11) is -4.64. The van der Waals surface area contributed by atoms with Crippen molar-refractivity contribution in [3.05, 3.63) is 130 Å². The summed E-state index contributed by atoms with van der Waals surface area (Å²) in [5, 5.41) is 2.59. The zero-order chi connectivity index (χ0) is 35.1. The molecule has 0 saturated heterocycles. The van der Waals surface area contributed by atoms with E-state index in [9.17, 15) is 31.2 Å². The van der Waals surface area contributed by atoms with Crippen molar-refractivity contribution in [2.45, 2.75) is 50.9 Å². The summed E-state index contributed by atoms with van der Waals surface area (Å²) >= 11 is 6.38. The Balaban J connectivity index is 1.87. The van der Waals surface area contributed by atoms with Crippen LogP contribution in [0, 0.1) is 12.8 Å². The summed E-state index contributed by atoms with van der Waals surface area (Å²) in [6.07, 6.45) is -4.73. The molecular formula is C36H37ClF3N3O4S. The fraction of sp³-hybridized carbons (Fsp3) is 0.278. The van der Waals surface area contributed by atoms with E-state index in [-0.39, 0.29) is 28.8 Å². The second kappa shape index (κ2) is 15.7. The number of nitrogens with one attached hydrogen (secondary N) is 1. The third kappa shape index (κ3) is 9.17. The summed E-state index contributed by atoms with van der Waals surface area (Å²) < 4.78 is 70.4. The zero-order valence-electron chi connectivity index (χ0n) is 26.7. The highest BCUT2D eigenvalue weighted by molar-refractivity contribution is 7.92. The molecule has 4 rings (SSSR count). The predicted octanol–water partition coefficient (Wildman–Crippen LogP) is 7.27. The van der Waals surface area contributed by atoms with Crippen LogP contribution < -0.4 is 9.62 Å². The molecule has 0 fully saturated rings. The maximum atomic E-state index is 14.6. The van der Waals surface area contributed by atoms with Crippen molar-refractivity contribution >= 4 is 39.1 Å². The molecule has 254 valence electrons. The van der Waals surface area contributed by atoms with Gasteiger partial charge in [0.15, 0.2) is 0 Å². The number of halogens is 4. The second-order valence-electron chi connectivity index (χ2n) is 11.8. The summed E-state index contributed by atoms with van der Waals surface area (Å²) in [4.78, 5) is 29.5. The normalized spacial score (nSPS) is 12.4. The molecule has 2 amide bonds. The highest BCUT2D eigenvalue weighted by Gasteiger charge is 2.37. The number of carbonyl (C=O) groups is 2. The molecule has 1 atom stereocenters. The molecule has 0 radical (unpaired) electrons. The van der Waals surface area contributed by atoms with Crippen LogP contribution in [0.4, 0.5) is 18.9 Å². The summed E-state index contributed by atoms with van der Waals surface area (Å²) in [6, 6.07) is 24.5. The molecule has 0 aromatic heterocycles. The molecule has 48 heavy (non-hydrogen) atoms. The van der Waals surface area contributed by atoms with Gasteiger partial charge >= 0.3 is 6.18 Å². The number of amides is 2. The van der Waals surface area contributed by atoms with Crippen molar-refractivity contribution in [3.8, 4) is 0 Å². The molecule has 0 unspecified atom stereocenters. The van der Waals surface area contributed by atoms with Crippen LogP contribution in [0.3, 0.4) is 0 Å². The molecule has 7 nitrogen and oxygen atoms in total. The Hall–Kier alpha value is -4.35. The van der Waals surface area contributed by atoms with Gasteiger partial charge in [-0.05, 0) is 59.9 Å². The molecule has 0 heterocycles. The Bertz CT molecular complexity index is 1820. The van der Waals surface area contributed by atoms with Gasteiger partial charge in [-0.15, -0.1) is 0 Å². The number of aryl methyl sites for hydroxylation is 1. The molecule has 0 bridgehead atoms. The number of anilines is 1. The van der Waals surface area contributed by atoms with Crippen molar-refractivity contribution in [2.24, 2.45) is 5.92 Å². The van der Waals surface area contributed by atoms with E-state index in [4.69, 9.17) is 11.6 Å². The van der Waals surface area contributed by atoms with Crippen LogP contribution in [0.15, 0.2) is 108 Å². The van der Waals surface area contributed by atoms with Crippen LogP contribution in [-0.2, 0) is 38.8 Å². The van der Waals surface area contributed by atoms with Crippen LogP contribution >= 0.6 is 11.6 Å². The SMILES string of the molecule is Cc1ccccc1CN(C(=O)CN(c1cc(C(F)(F)F)ccc1Cl)S(=O)(=O)c1ccccc1)[C@H](Cc1ccccc1)C(=O)NCC(C)C. The largest absolute Gasteiger partial charge is 0.416 e. The average Bonchev–Trinajstić information content (AvgIpc) is 3.05. The van der Waals surface area contributed by atoms with Crippen molar-refractivity contribution in [1.82, 2.24) is 10.2 Å². The van der Waals surface area contributed by atoms with E-state index in [1.807, 2.05) is 51.1 Å². The number of carbonyl (C=O) groups excluding carboxylic acids is 2. The molecule has 12 heteroatoms. The van der Waals surface area contributed by atoms with Crippen LogP contribution in [0.1, 0.15) is 36.1 Å². The Kier molecular flexibility index (Phi) is 11.9. The smallest absolute Gasteiger partial charge is 0.354 e. The number of rotatable bonds is 13. The van der Waals surface area contributed by atoms with E-state index < -0.39 is 51.9 Å². The number of hydrogen-bond acceptors (Lipinski definition) is 4. The lowest BCUT2D eigenvalue weighted by atomic mass is 10.0. The third-order valence-electron chi connectivity index (χ3n) is 7.71. The van der Waals surface area contributed by atoms with Gasteiger partial charge in [-0.3, -0.25) is 13.9 Å². The lowest BCUT2D eigenvalue weighted by molar-refractivity contribution is -0.140. The highest BCUT2D eigenvalue weighted by atomic mass is 35.5. The van der Waals surface area contributed by atoms with Gasteiger partial charge in [0.25, 0.3) is 10.0 Å². The van der Waals surface area contributed by atoms with Gasteiger partial charge in [-0.25, -0.2) is 8.42 Å². The third-order valence-corrected chi connectivity index (χ3v) is 9.80. The molecule has 1 N–H and O–H groups in total. The molecule has 0 aliphatic rings. The highest BCUT2D eigenvalue weighted by Crippen LogP contribution is 2.37. The first-order valence-electron chi connectivity index (χ1n) is 15.3. The first kappa shape index (κ1) is 36.5. The molecule has 4 aromatic carbocycles. The van der Waals surface area contributed by atoms with E-state index in [1.165, 1.54) is 29.2 Å². The fourth-order valence-electron chi connectivity index (χ4n) is 5.06. The lowest BCUT2D eigenvalue weighted by Crippen LogP contribution is -2.53. The fourth-order valence-corrected chi connectivity index (χ4v) is 6.78. The van der Waals surface area contributed by atoms with Gasteiger partial charge in [0.1, 0.15) is 12.6 Å². The first-order valence-corrected chi connectivity index (χ1v) is 17.1. The van der Waals surface area contributed by atoms with Crippen LogP contribution in [-0.4, -0.2) is 44.3 Å². The zero-order valence-corrected chi connectivity index (χ0v) is 28.3. The van der Waals surface area contributed by atoms with Gasteiger partial charge < -0.3 is 10.2 Å². The van der Waals surface area contributed by atoms with Crippen molar-refractivity contribution < 1.29 is 31.2 Å². The van der Waals surface area contributed by atoms with Gasteiger partial charge in [0.05, 0.1) is 21.2 Å². The van der Waals surface area contributed by atoms with Gasteiger partial charge in [0, 0.05) is 19.5 Å². The number of benzene rings is 4. The van der Waals surface area contributed by atoms with E-state index in [0.717, 1.165) is 23.3 Å². The maximum Gasteiger partial charge on any atom is 0.416 e. The summed E-state index contributed by atoms with van der Waals surface area (Å²) in [6.45, 7) is 5.00. The minimum atomic E-state index is -4.82. The Morgan fingerprint density at radius 1 is 0.875 bits per heavy atom. The Morgan fingerprint density at radius 3 is 2.08 bits per heavy atom. The van der Waals surface area contributed by atoms with Crippen molar-refractivity contribution in [1.29, 1.82) is 0 Å². The van der Waals surface area contributed by atoms with Crippen LogP contribution in [0.2, 0.25) is 5.02 Å². The maximum absolute atomic E-state index is 14.6.